The van der Waals surface area contributed by atoms with Crippen LogP contribution in [0.3, 0.4) is 0 Å². The van der Waals surface area contributed by atoms with Crippen LogP contribution in [0.5, 0.6) is 23.5 Å². The number of aliphatic hydroxyl groups is 2. The van der Waals surface area contributed by atoms with Crippen molar-refractivity contribution in [3.05, 3.63) is 111 Å². The van der Waals surface area contributed by atoms with Crippen LogP contribution in [0.1, 0.15) is 223 Å². The molecule has 9 heterocycles. The van der Waals surface area contributed by atoms with E-state index < -0.39 is 46.7 Å². The van der Waals surface area contributed by atoms with E-state index in [1.54, 1.807) is 13.0 Å². The Morgan fingerprint density at radius 3 is 1.20 bits per heavy atom. The van der Waals surface area contributed by atoms with E-state index in [4.69, 9.17) is 77.4 Å². The van der Waals surface area contributed by atoms with Crippen molar-refractivity contribution in [2.45, 2.75) is 283 Å². The maximum absolute atomic E-state index is 13.7. The van der Waals surface area contributed by atoms with Crippen molar-refractivity contribution in [1.82, 2.24) is 35.9 Å². The number of hydrogen-bond acceptors (Lipinski definition) is 23. The van der Waals surface area contributed by atoms with Gasteiger partial charge in [-0.25, -0.2) is 51.9 Å². The second-order valence-electron chi connectivity index (χ2n) is 32.5. The highest BCUT2D eigenvalue weighted by Gasteiger charge is 2.52. The van der Waals surface area contributed by atoms with Crippen LogP contribution in [-0.4, -0.2) is 199 Å². The second kappa shape index (κ2) is 47.4. The van der Waals surface area contributed by atoms with E-state index in [1.807, 2.05) is 68.4 Å². The lowest BCUT2D eigenvalue weighted by Gasteiger charge is -2.36. The quantitative estimate of drug-likeness (QED) is 0.0366. The maximum atomic E-state index is 13.7. The number of hydrogen-bond donors (Lipinski definition) is 6. The van der Waals surface area contributed by atoms with Gasteiger partial charge in [0.25, 0.3) is 0 Å². The summed E-state index contributed by atoms with van der Waals surface area (Å²) in [6.45, 7) is 32.0. The number of aliphatic hydroxyl groups excluding tert-OH is 2. The highest BCUT2D eigenvalue weighted by atomic mass is 79.9. The monoisotopic (exact) mass is 1730 g/mol. The first-order valence-electron chi connectivity index (χ1n) is 38.7. The molecule has 4 saturated carbocycles. The first-order valence-corrected chi connectivity index (χ1v) is 39.5. The van der Waals surface area contributed by atoms with Gasteiger partial charge in [0.05, 0.1) is 66.9 Å². The molecule has 5 aliphatic heterocycles. The summed E-state index contributed by atoms with van der Waals surface area (Å²) in [4.78, 5) is 51.4. The van der Waals surface area contributed by atoms with Gasteiger partial charge in [0, 0.05) is 120 Å². The number of rotatable bonds is 15. The Balaban J connectivity index is 0.000000299. The number of aromatic nitrogens is 4. The largest absolute Gasteiger partial charge is 0.490 e. The van der Waals surface area contributed by atoms with Gasteiger partial charge in [0.15, 0.2) is 0 Å². The Bertz CT molecular complexity index is 3680. The van der Waals surface area contributed by atoms with Gasteiger partial charge in [-0.05, 0) is 211 Å². The van der Waals surface area contributed by atoms with E-state index in [0.29, 0.717) is 112 Å². The number of nitrogens with zero attached hydrogens (tertiary/aromatic N) is 4. The summed E-state index contributed by atoms with van der Waals surface area (Å²) < 4.78 is 126. The molecule has 115 heavy (non-hydrogen) atoms. The first kappa shape index (κ1) is 101. The molecular weight excluding hydrogens is 1610 g/mol. The van der Waals surface area contributed by atoms with Crippen LogP contribution in [0, 0.1) is 23.3 Å². The fourth-order valence-corrected chi connectivity index (χ4v) is 13.0. The molecule has 3 amide bonds. The number of carbonyl (C=O) groups excluding carboxylic acids is 3. The third-order valence-corrected chi connectivity index (χ3v) is 19.7. The molecule has 0 aromatic carbocycles. The van der Waals surface area contributed by atoms with Crippen molar-refractivity contribution in [2.24, 2.45) is 5.73 Å². The lowest BCUT2D eigenvalue weighted by Crippen LogP contribution is -2.50. The number of ether oxygens (including phenoxy) is 11. The van der Waals surface area contributed by atoms with E-state index >= 15 is 0 Å². The molecule has 0 radical (unpaired) electrons. The number of nitrogens with one attached hydrogen (secondary N) is 3. The highest BCUT2D eigenvalue weighted by molar-refractivity contribution is 9.10. The SMILES string of the molecule is C.CC(C)(C)OC(=O)NC1CC(Oc2ncc(F)cc2Br)C1.CC(C)(C)OC(=O)NC1CC(Oc2ncc(F)cc2C2=CCOCC2)C1.CC(C)(C)OC(=O)NC1CC(Oc2ncc(F)cc2C2CCOCC2)C1.CC1(C)OB(C2=CCOCC2)OC1(C)C.CCO.CO.Cl.Cl.NC1CC(Oc2ncc(F)cc2C2CCOCC2)C1. The molecule has 26 nitrogen and oxygen atoms in total. The number of pyridine rings is 4. The van der Waals surface area contributed by atoms with Crippen LogP contribution in [0.25, 0.3) is 5.57 Å². The number of alkyl carbamates (subject to hydrolysis) is 3. The summed E-state index contributed by atoms with van der Waals surface area (Å²) >= 11 is 3.20. The van der Waals surface area contributed by atoms with E-state index in [2.05, 4.69) is 85.6 Å². The van der Waals surface area contributed by atoms with E-state index in [9.17, 15) is 31.9 Å². The molecule has 7 N–H and O–H groups in total. The third-order valence-electron chi connectivity index (χ3n) is 19.2. The molecule has 648 valence electrons. The number of halogens is 7. The molecule has 0 atom stereocenters. The Labute approximate surface area is 697 Å². The van der Waals surface area contributed by atoms with Crippen molar-refractivity contribution in [1.29, 1.82) is 0 Å². The molecule has 34 heteroatoms. The van der Waals surface area contributed by atoms with Crippen molar-refractivity contribution < 1.29 is 104 Å². The Morgan fingerprint density at radius 1 is 0.522 bits per heavy atom. The van der Waals surface area contributed by atoms with Gasteiger partial charge in [0.2, 0.25) is 23.5 Å². The van der Waals surface area contributed by atoms with Crippen LogP contribution in [-0.2, 0) is 42.5 Å². The minimum atomic E-state index is -0.520. The number of carbonyl (C=O) groups is 3. The third kappa shape index (κ3) is 34.1. The van der Waals surface area contributed by atoms with Crippen molar-refractivity contribution >= 4 is 71.7 Å². The molecule has 13 rings (SSSR count). The summed E-state index contributed by atoms with van der Waals surface area (Å²) in [7, 11) is 0.818. The van der Waals surface area contributed by atoms with E-state index in [-0.39, 0.29) is 129 Å². The van der Waals surface area contributed by atoms with Gasteiger partial charge in [-0.3, -0.25) is 0 Å². The fourth-order valence-electron chi connectivity index (χ4n) is 12.5. The lowest BCUT2D eigenvalue weighted by molar-refractivity contribution is 0.00578. The van der Waals surface area contributed by atoms with Gasteiger partial charge in [-0.15, -0.1) is 24.8 Å². The average molecular weight is 1740 g/mol. The van der Waals surface area contributed by atoms with Crippen molar-refractivity contribution in [2.75, 3.05) is 66.6 Å². The van der Waals surface area contributed by atoms with Gasteiger partial charge in [0.1, 0.15) is 64.5 Å². The fraction of sp³-hybridized carbons (Fsp3) is 0.667. The zero-order chi connectivity index (χ0) is 82.1. The van der Waals surface area contributed by atoms with Crippen molar-refractivity contribution in [3.63, 3.8) is 0 Å². The van der Waals surface area contributed by atoms with Gasteiger partial charge in [-0.2, -0.15) is 0 Å². The predicted molar refractivity (Wildman–Crippen MR) is 437 cm³/mol. The zero-order valence-electron chi connectivity index (χ0n) is 68.4. The van der Waals surface area contributed by atoms with Crippen LogP contribution in [0.15, 0.2) is 71.2 Å². The van der Waals surface area contributed by atoms with Crippen LogP contribution in [0.4, 0.5) is 31.9 Å². The Kier molecular flexibility index (Phi) is 41.6. The summed E-state index contributed by atoms with van der Waals surface area (Å²) in [5.41, 5.74) is 8.31. The first-order chi connectivity index (χ1) is 52.9. The molecule has 7 fully saturated rings. The number of nitrogens with two attached hydrogens (primary N) is 1. The Morgan fingerprint density at radius 2 is 0.852 bits per heavy atom. The minimum Gasteiger partial charge on any atom is -0.474 e. The van der Waals surface area contributed by atoms with E-state index in [0.717, 1.165) is 101 Å². The molecule has 9 aliphatic rings. The summed E-state index contributed by atoms with van der Waals surface area (Å²) in [5.74, 6) is 0.876. The molecule has 0 spiro atoms. The topological polar surface area (TPSA) is 325 Å². The summed E-state index contributed by atoms with van der Waals surface area (Å²) in [5, 5.41) is 23.0. The predicted octanol–water partition coefficient (Wildman–Crippen LogP) is 15.5. The van der Waals surface area contributed by atoms with Crippen molar-refractivity contribution in [3.8, 4) is 23.5 Å². The molecule has 4 aromatic heterocycles. The summed E-state index contributed by atoms with van der Waals surface area (Å²) in [6, 6.07) is 6.14. The molecule has 3 saturated heterocycles. The second-order valence-corrected chi connectivity index (χ2v) is 33.4. The van der Waals surface area contributed by atoms with Gasteiger partial charge >= 0.3 is 25.4 Å². The molecule has 0 bridgehead atoms. The van der Waals surface area contributed by atoms with Crippen LogP contribution in [0.2, 0.25) is 0 Å². The normalized spacial score (nSPS) is 23.1. The molecular formula is C81H124BBrCl2F4N8O18. The zero-order valence-corrected chi connectivity index (χ0v) is 71.6. The van der Waals surface area contributed by atoms with Gasteiger partial charge < -0.3 is 93.3 Å². The highest BCUT2D eigenvalue weighted by Crippen LogP contribution is 2.41. The Hall–Kier alpha value is -6.43. The summed E-state index contributed by atoms with van der Waals surface area (Å²) in [6.07, 6.45) is 18.3. The van der Waals surface area contributed by atoms with Crippen LogP contribution < -0.4 is 40.6 Å². The molecule has 0 unspecified atom stereocenters. The number of amides is 3. The van der Waals surface area contributed by atoms with Gasteiger partial charge in [-0.1, -0.05) is 19.6 Å². The standard InChI is InChI=1S/C19H27FN2O4.C19H25FN2O4.C14H18BrFN2O3.C14H19FN2O2.C11H19BO3.C2H6O.CH4O.CH4.2ClH/c2*1-19(2,3)26-18(23)22-14-9-15(10-14)25-17-16(8-13(20)11-21-17)12-4-6-24-7-5-12;1-14(2,3)21-13(19)18-9-5-10(6-9)20-12-11(15)4-8(16)7-17-12;15-10-5-13(9-1-3-18-4-2-9)14(17-8-10)19-12-6-11(16)7-12;1-10(2)11(3,4)15-12(14-10)9-5-7-13-8-6-9;1-2-3;1-2;;;/h8,11-12,14-15H,4-7,9-10H2,1-3H3,(H,22,23);4,8,11,14-15H,5-7,9-10H2,1-3H3,(H,22,23);4,7,9-10H,5-6H2,1-3H3,(H,18,19);5,8-9,11-12H,1-4,6-7,16H2;5H,6-8H2,1-4H3;3H,2H2,1H3;2H,1H3;1H4;2*1H. The molecule has 4 aliphatic carbocycles. The maximum Gasteiger partial charge on any atom is 0.490 e. The smallest absolute Gasteiger partial charge is 0.474 e. The minimum absolute atomic E-state index is 0. The average Bonchev–Trinajstić information content (AvgIpc) is 1.61. The van der Waals surface area contributed by atoms with E-state index in [1.165, 1.54) is 36.1 Å². The molecule has 4 aromatic rings. The lowest BCUT2D eigenvalue weighted by atomic mass is 9.75. The van der Waals surface area contributed by atoms with Crippen LogP contribution >= 0.6 is 40.7 Å².